The third-order valence-electron chi connectivity index (χ3n) is 6.25. The molecule has 2 aromatic carbocycles. The Morgan fingerprint density at radius 2 is 1.67 bits per heavy atom. The van der Waals surface area contributed by atoms with Gasteiger partial charge in [-0.3, -0.25) is 0 Å². The van der Waals surface area contributed by atoms with Crippen molar-refractivity contribution in [2.75, 3.05) is 13.1 Å². The lowest BCUT2D eigenvalue weighted by Gasteiger charge is -2.28. The molecule has 3 unspecified atom stereocenters. The highest BCUT2D eigenvalue weighted by atomic mass is 35.5. The first-order valence-corrected chi connectivity index (χ1v) is 11.8. The lowest BCUT2D eigenvalue weighted by Crippen LogP contribution is -2.35. The van der Waals surface area contributed by atoms with Gasteiger partial charge in [-0.15, -0.1) is 11.6 Å². The lowest BCUT2D eigenvalue weighted by atomic mass is 9.95. The van der Waals surface area contributed by atoms with Gasteiger partial charge in [-0.1, -0.05) is 67.9 Å². The van der Waals surface area contributed by atoms with Gasteiger partial charge < -0.3 is 4.90 Å². The molecule has 0 amide bonds. The molecule has 162 valence electrons. The van der Waals surface area contributed by atoms with Gasteiger partial charge in [0.1, 0.15) is 0 Å². The van der Waals surface area contributed by atoms with Gasteiger partial charge in [0.2, 0.25) is 0 Å². The van der Waals surface area contributed by atoms with E-state index in [2.05, 4.69) is 73.3 Å². The number of rotatable bonds is 9. The van der Waals surface area contributed by atoms with E-state index in [1.807, 2.05) is 0 Å². The van der Waals surface area contributed by atoms with Gasteiger partial charge in [-0.2, -0.15) is 5.26 Å². The number of nitrogens with zero attached hydrogens (tertiary/aromatic N) is 2. The second-order valence-electron chi connectivity index (χ2n) is 8.27. The summed E-state index contributed by atoms with van der Waals surface area (Å²) in [6, 6.07) is 22.5. The fraction of sp³-hybridized carbons (Fsp3) is 0.519. The van der Waals surface area contributed by atoms with Gasteiger partial charge in [-0.05, 0) is 62.3 Å². The third-order valence-corrected chi connectivity index (χ3v) is 6.77. The van der Waals surface area contributed by atoms with E-state index in [0.29, 0.717) is 17.3 Å². The Kier molecular flexibility index (Phi) is 11.0. The molecular weight excluding hydrogens is 388 g/mol. The quantitative estimate of drug-likeness (QED) is 0.406. The molecule has 30 heavy (non-hydrogen) atoms. The van der Waals surface area contributed by atoms with Crippen LogP contribution in [-0.2, 0) is 12.8 Å². The van der Waals surface area contributed by atoms with Crippen molar-refractivity contribution in [2.45, 2.75) is 76.6 Å². The van der Waals surface area contributed by atoms with E-state index in [0.717, 1.165) is 25.9 Å². The van der Waals surface area contributed by atoms with Crippen LogP contribution in [0.15, 0.2) is 54.6 Å². The molecule has 0 heterocycles. The Morgan fingerprint density at radius 3 is 2.23 bits per heavy atom. The zero-order valence-electron chi connectivity index (χ0n) is 18.9. The van der Waals surface area contributed by atoms with Gasteiger partial charge in [0, 0.05) is 30.8 Å². The summed E-state index contributed by atoms with van der Waals surface area (Å²) < 4.78 is 0. The fourth-order valence-corrected chi connectivity index (χ4v) is 4.81. The Bertz CT molecular complexity index is 751. The molecule has 2 nitrogen and oxygen atoms in total. The van der Waals surface area contributed by atoms with Gasteiger partial charge >= 0.3 is 0 Å². The molecule has 1 aliphatic rings. The molecule has 0 radical (unpaired) electrons. The van der Waals surface area contributed by atoms with Crippen molar-refractivity contribution in [1.82, 2.24) is 4.90 Å². The second kappa shape index (κ2) is 13.5. The minimum absolute atomic E-state index is 0.332. The van der Waals surface area contributed by atoms with E-state index in [1.165, 1.54) is 49.3 Å². The number of hydrogen-bond donors (Lipinski definition) is 0. The van der Waals surface area contributed by atoms with Crippen LogP contribution in [0.5, 0.6) is 0 Å². The third kappa shape index (κ3) is 7.78. The zero-order chi connectivity index (χ0) is 21.8. The summed E-state index contributed by atoms with van der Waals surface area (Å²) in [5, 5.41) is 7.65. The molecular formula is C27H37ClN2. The number of benzene rings is 2. The van der Waals surface area contributed by atoms with Crippen LogP contribution < -0.4 is 0 Å². The maximum absolute atomic E-state index is 7.32. The maximum Gasteiger partial charge on any atom is 0.0587 e. The topological polar surface area (TPSA) is 27.0 Å². The minimum Gasteiger partial charge on any atom is -0.301 e. The number of aryl methyl sites for hydroxylation is 1. The average molecular weight is 425 g/mol. The highest BCUT2D eigenvalue weighted by molar-refractivity contribution is 6.21. The van der Waals surface area contributed by atoms with Crippen molar-refractivity contribution in [2.24, 2.45) is 0 Å². The highest BCUT2D eigenvalue weighted by Crippen LogP contribution is 2.38. The molecule has 1 saturated carbocycles. The molecule has 0 N–H and O–H groups in total. The first-order valence-electron chi connectivity index (χ1n) is 11.4. The average Bonchev–Trinajstić information content (AvgIpc) is 3.20. The summed E-state index contributed by atoms with van der Waals surface area (Å²) in [4.78, 5) is 2.61. The second-order valence-corrected chi connectivity index (χ2v) is 8.83. The fourth-order valence-electron chi connectivity index (χ4n) is 4.39. The molecule has 0 bridgehead atoms. The molecule has 3 atom stereocenters. The number of alkyl halides is 1. The van der Waals surface area contributed by atoms with Crippen LogP contribution in [0, 0.1) is 11.3 Å². The Labute approximate surface area is 188 Å². The predicted molar refractivity (Wildman–Crippen MR) is 129 cm³/mol. The molecule has 2 aromatic rings. The highest BCUT2D eigenvalue weighted by Gasteiger charge is 2.26. The van der Waals surface area contributed by atoms with Crippen molar-refractivity contribution in [1.29, 1.82) is 5.26 Å². The summed E-state index contributed by atoms with van der Waals surface area (Å²) in [6.45, 7) is 8.34. The van der Waals surface area contributed by atoms with Gasteiger partial charge in [0.15, 0.2) is 0 Å². The molecule has 3 rings (SSSR count). The van der Waals surface area contributed by atoms with Gasteiger partial charge in [-0.25, -0.2) is 0 Å². The van der Waals surface area contributed by atoms with Crippen molar-refractivity contribution >= 4 is 11.6 Å². The van der Waals surface area contributed by atoms with Crippen molar-refractivity contribution < 1.29 is 0 Å². The van der Waals surface area contributed by atoms with E-state index in [-0.39, 0.29) is 0 Å². The van der Waals surface area contributed by atoms with Crippen LogP contribution in [-0.4, -0.2) is 29.4 Å². The Balaban J connectivity index is 0.00000101. The van der Waals surface area contributed by atoms with Crippen LogP contribution in [0.1, 0.15) is 69.1 Å². The molecule has 3 heteroatoms. The van der Waals surface area contributed by atoms with E-state index in [1.54, 1.807) is 6.07 Å². The summed E-state index contributed by atoms with van der Waals surface area (Å²) in [7, 11) is 0. The van der Waals surface area contributed by atoms with E-state index < -0.39 is 0 Å². The van der Waals surface area contributed by atoms with Crippen molar-refractivity contribution in [3.8, 4) is 6.07 Å². The minimum atomic E-state index is 0.332. The first kappa shape index (κ1) is 24.4. The van der Waals surface area contributed by atoms with E-state index >= 15 is 0 Å². The predicted octanol–water partition coefficient (Wildman–Crippen LogP) is 6.98. The lowest BCUT2D eigenvalue weighted by molar-refractivity contribution is 0.212. The Morgan fingerprint density at radius 1 is 1.03 bits per heavy atom. The molecule has 0 aromatic heterocycles. The van der Waals surface area contributed by atoms with Crippen LogP contribution >= 0.6 is 11.6 Å². The largest absolute Gasteiger partial charge is 0.301 e. The van der Waals surface area contributed by atoms with Gasteiger partial charge in [0.25, 0.3) is 0 Å². The molecule has 0 spiro atoms. The SMILES string of the molecule is CC#N.CCN(CCc1ccccc1)C(C)CCc1ccc(C2CCCC2Cl)cc1. The maximum atomic E-state index is 7.32. The van der Waals surface area contributed by atoms with Crippen LogP contribution in [0.3, 0.4) is 0 Å². The number of hydrogen-bond acceptors (Lipinski definition) is 2. The van der Waals surface area contributed by atoms with E-state index in [4.69, 9.17) is 16.9 Å². The number of nitriles is 1. The standard InChI is InChI=1S/C25H34ClN.C2H3N/c1-3-27(19-18-21-8-5-4-6-9-21)20(2)12-13-22-14-16-23(17-15-22)24-10-7-11-25(24)26;1-2-3/h4-6,8-9,14-17,20,24-25H,3,7,10-13,18-19H2,1-2H3;1H3. The van der Waals surface area contributed by atoms with Crippen LogP contribution in [0.25, 0.3) is 0 Å². The summed E-state index contributed by atoms with van der Waals surface area (Å²) >= 11 is 6.47. The first-order chi connectivity index (χ1) is 14.6. The Hall–Kier alpha value is -1.82. The molecule has 1 fully saturated rings. The van der Waals surface area contributed by atoms with Crippen LogP contribution in [0.2, 0.25) is 0 Å². The smallest absolute Gasteiger partial charge is 0.0587 e. The van der Waals surface area contributed by atoms with Crippen LogP contribution in [0.4, 0.5) is 0 Å². The summed E-state index contributed by atoms with van der Waals surface area (Å²) in [5.74, 6) is 0.563. The monoisotopic (exact) mass is 424 g/mol. The molecule has 0 aliphatic heterocycles. The molecule has 1 aliphatic carbocycles. The normalized spacial score (nSPS) is 19.1. The zero-order valence-corrected chi connectivity index (χ0v) is 19.6. The van der Waals surface area contributed by atoms with Crippen molar-refractivity contribution in [3.63, 3.8) is 0 Å². The summed E-state index contributed by atoms with van der Waals surface area (Å²) in [5.41, 5.74) is 4.32. The van der Waals surface area contributed by atoms with E-state index in [9.17, 15) is 0 Å². The number of halogens is 1. The molecule has 0 saturated heterocycles. The van der Waals surface area contributed by atoms with Gasteiger partial charge in [0.05, 0.1) is 6.07 Å². The summed E-state index contributed by atoms with van der Waals surface area (Å²) in [6.07, 6.45) is 7.18. The number of likely N-dealkylation sites (N-methyl/N-ethyl adjacent to an activating group) is 1. The van der Waals surface area contributed by atoms with Crippen molar-refractivity contribution in [3.05, 3.63) is 71.3 Å².